The van der Waals surface area contributed by atoms with Crippen LogP contribution in [0.25, 0.3) is 0 Å². The number of nitrogens with two attached hydrogens (primary N) is 1. The van der Waals surface area contributed by atoms with Crippen LogP contribution in [0.1, 0.15) is 24.6 Å². The van der Waals surface area contributed by atoms with Crippen LogP contribution in [0.2, 0.25) is 0 Å². The quantitative estimate of drug-likeness (QED) is 0.892. The molecule has 1 heterocycles. The number of halogens is 2. The van der Waals surface area contributed by atoms with Crippen LogP contribution in [0.3, 0.4) is 0 Å². The Kier molecular flexibility index (Phi) is 4.77. The van der Waals surface area contributed by atoms with E-state index < -0.39 is 0 Å². The van der Waals surface area contributed by atoms with Crippen molar-refractivity contribution in [2.75, 3.05) is 0 Å². The van der Waals surface area contributed by atoms with Crippen molar-refractivity contribution in [3.05, 3.63) is 58.1 Å². The second-order valence-corrected chi connectivity index (χ2v) is 5.51. The van der Waals surface area contributed by atoms with Crippen LogP contribution in [0.15, 0.2) is 41.0 Å². The van der Waals surface area contributed by atoms with E-state index in [-0.39, 0.29) is 11.9 Å². The molecule has 1 unspecified atom stereocenters. The van der Waals surface area contributed by atoms with Gasteiger partial charge in [-0.15, -0.1) is 0 Å². The molecule has 0 radical (unpaired) electrons. The Hall–Kier alpha value is -1.13. The van der Waals surface area contributed by atoms with Crippen LogP contribution >= 0.6 is 15.9 Å². The first-order valence-electron chi connectivity index (χ1n) is 6.44. The number of hydrogen-bond acceptors (Lipinski definition) is 1. The van der Waals surface area contributed by atoms with Gasteiger partial charge in [-0.25, -0.2) is 4.39 Å². The largest absolute Gasteiger partial charge is 0.347 e. The molecule has 1 aromatic heterocycles. The molecule has 2 rings (SSSR count). The van der Waals surface area contributed by atoms with Crippen LogP contribution in [0.5, 0.6) is 0 Å². The van der Waals surface area contributed by atoms with Crippen molar-refractivity contribution in [2.24, 2.45) is 5.73 Å². The Morgan fingerprint density at radius 3 is 2.84 bits per heavy atom. The highest BCUT2D eigenvalue weighted by molar-refractivity contribution is 9.10. The second kappa shape index (κ2) is 6.35. The topological polar surface area (TPSA) is 30.9 Å². The molecule has 0 aliphatic heterocycles. The molecule has 4 heteroatoms. The summed E-state index contributed by atoms with van der Waals surface area (Å²) in [7, 11) is 0. The van der Waals surface area contributed by atoms with E-state index in [1.807, 2.05) is 18.3 Å². The molecule has 0 saturated heterocycles. The van der Waals surface area contributed by atoms with Crippen molar-refractivity contribution >= 4 is 15.9 Å². The summed E-state index contributed by atoms with van der Waals surface area (Å²) in [5.74, 6) is -0.225. The fraction of sp³-hybridized carbons (Fsp3) is 0.333. The van der Waals surface area contributed by atoms with Crippen molar-refractivity contribution < 1.29 is 4.39 Å². The predicted octanol–water partition coefficient (Wildman–Crippen LogP) is 3.72. The summed E-state index contributed by atoms with van der Waals surface area (Å²) in [6.07, 6.45) is 3.81. The number of benzene rings is 1. The third-order valence-corrected chi connectivity index (χ3v) is 4.18. The summed E-state index contributed by atoms with van der Waals surface area (Å²) in [4.78, 5) is 0. The van der Waals surface area contributed by atoms with E-state index in [1.54, 1.807) is 6.07 Å². The minimum absolute atomic E-state index is 0.171. The lowest BCUT2D eigenvalue weighted by Gasteiger charge is -2.14. The van der Waals surface area contributed by atoms with Crippen molar-refractivity contribution in [3.63, 3.8) is 0 Å². The molecule has 0 aliphatic carbocycles. The minimum atomic E-state index is -0.225. The number of hydrogen-bond donors (Lipinski definition) is 1. The fourth-order valence-electron chi connectivity index (χ4n) is 2.06. The van der Waals surface area contributed by atoms with Gasteiger partial charge in [0.05, 0.1) is 4.47 Å². The average Bonchev–Trinajstić information content (AvgIpc) is 2.82. The van der Waals surface area contributed by atoms with Gasteiger partial charge in [0.2, 0.25) is 0 Å². The normalized spacial score (nSPS) is 12.6. The summed E-state index contributed by atoms with van der Waals surface area (Å²) < 4.78 is 16.2. The smallest absolute Gasteiger partial charge is 0.137 e. The van der Waals surface area contributed by atoms with E-state index in [1.165, 1.54) is 11.8 Å². The summed E-state index contributed by atoms with van der Waals surface area (Å²) in [5.41, 5.74) is 8.12. The van der Waals surface area contributed by atoms with Gasteiger partial charge in [0.15, 0.2) is 0 Å². The van der Waals surface area contributed by atoms with Crippen LogP contribution in [0, 0.1) is 5.82 Å². The van der Waals surface area contributed by atoms with Gasteiger partial charge in [0.1, 0.15) is 5.82 Å². The average molecular weight is 325 g/mol. The molecule has 2 N–H and O–H groups in total. The van der Waals surface area contributed by atoms with Gasteiger partial charge in [0, 0.05) is 30.9 Å². The summed E-state index contributed by atoms with van der Waals surface area (Å²) >= 11 is 3.30. The molecule has 1 atom stereocenters. The summed E-state index contributed by atoms with van der Waals surface area (Å²) in [6, 6.07) is 9.36. The van der Waals surface area contributed by atoms with Crippen LogP contribution in [-0.4, -0.2) is 10.6 Å². The van der Waals surface area contributed by atoms with Gasteiger partial charge in [0.25, 0.3) is 0 Å². The monoisotopic (exact) mass is 324 g/mol. The van der Waals surface area contributed by atoms with E-state index in [4.69, 9.17) is 5.73 Å². The molecule has 0 spiro atoms. The van der Waals surface area contributed by atoms with E-state index in [9.17, 15) is 4.39 Å². The van der Waals surface area contributed by atoms with Crippen molar-refractivity contribution in [1.29, 1.82) is 0 Å². The maximum absolute atomic E-state index is 13.5. The van der Waals surface area contributed by atoms with Crippen LogP contribution in [0.4, 0.5) is 4.39 Å². The van der Waals surface area contributed by atoms with Crippen molar-refractivity contribution in [2.45, 2.75) is 32.4 Å². The molecular weight excluding hydrogens is 307 g/mol. The lowest BCUT2D eigenvalue weighted by Crippen LogP contribution is -2.23. The maximum Gasteiger partial charge on any atom is 0.137 e. The minimum Gasteiger partial charge on any atom is -0.347 e. The highest BCUT2D eigenvalue weighted by atomic mass is 79.9. The van der Waals surface area contributed by atoms with Gasteiger partial charge >= 0.3 is 0 Å². The summed E-state index contributed by atoms with van der Waals surface area (Å²) in [6.45, 7) is 2.73. The highest BCUT2D eigenvalue weighted by Crippen LogP contribution is 2.22. The second-order valence-electron chi connectivity index (χ2n) is 4.71. The zero-order valence-electron chi connectivity index (χ0n) is 10.9. The Labute approximate surface area is 121 Å². The van der Waals surface area contributed by atoms with Crippen LogP contribution < -0.4 is 5.73 Å². The Morgan fingerprint density at radius 1 is 1.32 bits per heavy atom. The van der Waals surface area contributed by atoms with Gasteiger partial charge in [-0.05, 0) is 46.1 Å². The lowest BCUT2D eigenvalue weighted by molar-refractivity contribution is 0.601. The first kappa shape index (κ1) is 14.3. The Bertz CT molecular complexity index is 551. The first-order chi connectivity index (χ1) is 9.11. The number of aromatic nitrogens is 1. The molecule has 2 nitrogen and oxygen atoms in total. The zero-order valence-corrected chi connectivity index (χ0v) is 12.5. The molecule has 0 aliphatic rings. The zero-order chi connectivity index (χ0) is 13.8. The van der Waals surface area contributed by atoms with E-state index in [0.717, 1.165) is 18.4 Å². The molecule has 0 bridgehead atoms. The van der Waals surface area contributed by atoms with E-state index in [0.29, 0.717) is 11.0 Å². The molecule has 0 fully saturated rings. The number of rotatable bonds is 5. The molecule has 0 saturated carbocycles. The van der Waals surface area contributed by atoms with E-state index in [2.05, 4.69) is 33.5 Å². The molecule has 19 heavy (non-hydrogen) atoms. The maximum atomic E-state index is 13.5. The molecule has 2 aromatic rings. The fourth-order valence-corrected chi connectivity index (χ4v) is 2.45. The number of nitrogens with zero attached hydrogens (tertiary/aromatic N) is 1. The molecule has 0 amide bonds. The highest BCUT2D eigenvalue weighted by Gasteiger charge is 2.09. The first-order valence-corrected chi connectivity index (χ1v) is 7.23. The Balaban J connectivity index is 2.20. The van der Waals surface area contributed by atoms with Crippen LogP contribution in [-0.2, 0) is 13.0 Å². The predicted molar refractivity (Wildman–Crippen MR) is 79.6 cm³/mol. The van der Waals surface area contributed by atoms with Gasteiger partial charge in [-0.2, -0.15) is 0 Å². The molecule has 1 aromatic carbocycles. The van der Waals surface area contributed by atoms with Crippen molar-refractivity contribution in [3.8, 4) is 0 Å². The molecule has 102 valence electrons. The molecular formula is C15H18BrFN2. The van der Waals surface area contributed by atoms with Gasteiger partial charge < -0.3 is 10.3 Å². The SMILES string of the molecule is CCC(N)Cc1cccn1Cc1cccc(F)c1Br. The van der Waals surface area contributed by atoms with Gasteiger partial charge in [-0.3, -0.25) is 0 Å². The van der Waals surface area contributed by atoms with Gasteiger partial charge in [-0.1, -0.05) is 19.1 Å². The lowest BCUT2D eigenvalue weighted by atomic mass is 10.1. The van der Waals surface area contributed by atoms with E-state index >= 15 is 0 Å². The third kappa shape index (κ3) is 3.45. The standard InChI is InChI=1S/C15H18BrFN2/c1-2-12(18)9-13-6-4-8-19(13)10-11-5-3-7-14(17)15(11)16/h3-8,12H,2,9-10,18H2,1H3. The van der Waals surface area contributed by atoms with Crippen molar-refractivity contribution in [1.82, 2.24) is 4.57 Å². The summed E-state index contributed by atoms with van der Waals surface area (Å²) in [5, 5.41) is 0. The third-order valence-electron chi connectivity index (χ3n) is 3.29. The Morgan fingerprint density at radius 2 is 2.11 bits per heavy atom.